The second kappa shape index (κ2) is 14.0. The molecule has 0 bridgehead atoms. The van der Waals surface area contributed by atoms with E-state index in [1.54, 1.807) is 30.3 Å². The number of allylic oxidation sites excluding steroid dienone is 1. The van der Waals surface area contributed by atoms with Gasteiger partial charge in [-0.2, -0.15) is 0 Å². The maximum Gasteiger partial charge on any atom is 0.314 e. The molecule has 1 aromatic heterocycles. The minimum atomic E-state index is -0.186. The van der Waals surface area contributed by atoms with E-state index in [-0.39, 0.29) is 12.1 Å². The van der Waals surface area contributed by atoms with Crippen LogP contribution in [0.1, 0.15) is 42.4 Å². The van der Waals surface area contributed by atoms with E-state index in [2.05, 4.69) is 51.8 Å². The standard InChI is InChI=1S/C30H35N5O2S2/c1-20(2)28(31)22-10-7-9-21(17-22)18-26(35-39-24-11-5-4-6-12-24)29-34-25-14-13-23(19-27(25)38-29)37-16-8-15-33-30(36)32-3/h4-7,9-14,17,19,26,35H,8,15-16,18,31H2,1-3H3,(H2,32,33,36). The van der Waals surface area contributed by atoms with Crippen molar-refractivity contribution in [3.05, 3.63) is 94.5 Å². The largest absolute Gasteiger partial charge is 0.493 e. The molecule has 4 rings (SSSR count). The molecule has 9 heteroatoms. The summed E-state index contributed by atoms with van der Waals surface area (Å²) in [5.74, 6) is 0.797. The van der Waals surface area contributed by atoms with E-state index in [9.17, 15) is 4.79 Å². The predicted octanol–water partition coefficient (Wildman–Crippen LogP) is 6.28. The van der Waals surface area contributed by atoms with E-state index in [1.165, 1.54) is 5.56 Å². The Morgan fingerprint density at radius 1 is 1.08 bits per heavy atom. The highest BCUT2D eigenvalue weighted by Gasteiger charge is 2.18. The summed E-state index contributed by atoms with van der Waals surface area (Å²) in [6.07, 6.45) is 1.49. The van der Waals surface area contributed by atoms with Gasteiger partial charge >= 0.3 is 6.03 Å². The molecule has 7 nitrogen and oxygen atoms in total. The summed E-state index contributed by atoms with van der Waals surface area (Å²) in [4.78, 5) is 17.4. The van der Waals surface area contributed by atoms with Gasteiger partial charge in [-0.1, -0.05) is 42.0 Å². The molecule has 1 heterocycles. The van der Waals surface area contributed by atoms with Gasteiger partial charge in [0.1, 0.15) is 10.8 Å². The van der Waals surface area contributed by atoms with Crippen LogP contribution in [0.5, 0.6) is 5.75 Å². The third-order valence-electron chi connectivity index (χ3n) is 6.06. The maximum atomic E-state index is 11.3. The number of carbonyl (C=O) groups excluding carboxylic acids is 1. The summed E-state index contributed by atoms with van der Waals surface area (Å²) in [7, 11) is 1.60. The molecule has 204 valence electrons. The summed E-state index contributed by atoms with van der Waals surface area (Å²) in [6.45, 7) is 5.14. The molecule has 3 aromatic carbocycles. The van der Waals surface area contributed by atoms with Crippen LogP contribution in [-0.4, -0.2) is 31.2 Å². The van der Waals surface area contributed by atoms with Crippen LogP contribution >= 0.6 is 23.3 Å². The molecule has 1 unspecified atom stereocenters. The lowest BCUT2D eigenvalue weighted by atomic mass is 10.0. The Morgan fingerprint density at radius 2 is 1.90 bits per heavy atom. The van der Waals surface area contributed by atoms with E-state index in [0.29, 0.717) is 13.2 Å². The minimum absolute atomic E-state index is 0.00376. The van der Waals surface area contributed by atoms with Crippen LogP contribution in [0.2, 0.25) is 0 Å². The molecule has 39 heavy (non-hydrogen) atoms. The summed E-state index contributed by atoms with van der Waals surface area (Å²) in [5.41, 5.74) is 11.4. The van der Waals surface area contributed by atoms with Crippen molar-refractivity contribution in [1.82, 2.24) is 20.3 Å². The van der Waals surface area contributed by atoms with Gasteiger partial charge in [-0.3, -0.25) is 0 Å². The Kier molecular flexibility index (Phi) is 10.2. The van der Waals surface area contributed by atoms with Crippen LogP contribution < -0.4 is 25.8 Å². The fraction of sp³-hybridized carbons (Fsp3) is 0.267. The number of hydrogen-bond acceptors (Lipinski definition) is 7. The zero-order valence-electron chi connectivity index (χ0n) is 22.5. The number of nitrogens with one attached hydrogen (secondary N) is 3. The third kappa shape index (κ3) is 8.23. The summed E-state index contributed by atoms with van der Waals surface area (Å²) in [5, 5.41) is 6.32. The Hall–Kier alpha value is -3.53. The number of nitrogens with two attached hydrogens (primary N) is 1. The van der Waals surface area contributed by atoms with Crippen molar-refractivity contribution in [3.8, 4) is 5.75 Å². The van der Waals surface area contributed by atoms with Crippen LogP contribution in [0.4, 0.5) is 4.79 Å². The number of nitrogens with zero attached hydrogens (tertiary/aromatic N) is 1. The zero-order chi connectivity index (χ0) is 27.6. The van der Waals surface area contributed by atoms with Gasteiger partial charge in [0, 0.05) is 24.2 Å². The van der Waals surface area contributed by atoms with Gasteiger partial charge in [0.05, 0.1) is 22.9 Å². The van der Waals surface area contributed by atoms with Gasteiger partial charge in [-0.15, -0.1) is 11.3 Å². The number of carbonyl (C=O) groups is 1. The molecule has 4 aromatic rings. The second-order valence-electron chi connectivity index (χ2n) is 9.29. The second-order valence-corrected chi connectivity index (χ2v) is 11.3. The molecule has 1 atom stereocenters. The van der Waals surface area contributed by atoms with Gasteiger partial charge in [0.15, 0.2) is 0 Å². The lowest BCUT2D eigenvalue weighted by Gasteiger charge is -2.17. The third-order valence-corrected chi connectivity index (χ3v) is 8.10. The highest BCUT2D eigenvalue weighted by molar-refractivity contribution is 7.97. The fourth-order valence-corrected chi connectivity index (χ4v) is 5.80. The van der Waals surface area contributed by atoms with Crippen LogP contribution in [0.15, 0.2) is 83.3 Å². The molecule has 2 amide bonds. The molecule has 5 N–H and O–H groups in total. The molecule has 0 saturated heterocycles. The molecule has 0 aliphatic carbocycles. The fourth-order valence-electron chi connectivity index (χ4n) is 3.91. The molecule has 0 aliphatic rings. The normalized spacial score (nSPS) is 11.7. The Labute approximate surface area is 238 Å². The molecule has 0 fully saturated rings. The predicted molar refractivity (Wildman–Crippen MR) is 163 cm³/mol. The zero-order valence-corrected chi connectivity index (χ0v) is 24.1. The van der Waals surface area contributed by atoms with Crippen molar-refractivity contribution in [2.75, 3.05) is 20.2 Å². The maximum absolute atomic E-state index is 11.3. The number of fused-ring (bicyclic) bond motifs is 1. The van der Waals surface area contributed by atoms with Gasteiger partial charge < -0.3 is 21.1 Å². The molecule has 0 radical (unpaired) electrons. The van der Waals surface area contributed by atoms with Gasteiger partial charge in [0.2, 0.25) is 0 Å². The minimum Gasteiger partial charge on any atom is -0.493 e. The molecule has 0 aliphatic heterocycles. The van der Waals surface area contributed by atoms with Crippen LogP contribution in [0.3, 0.4) is 0 Å². The lowest BCUT2D eigenvalue weighted by Crippen LogP contribution is -2.33. The number of urea groups is 1. The molecular weight excluding hydrogens is 526 g/mol. The van der Waals surface area contributed by atoms with E-state index in [4.69, 9.17) is 15.5 Å². The smallest absolute Gasteiger partial charge is 0.314 e. The number of ether oxygens (including phenoxy) is 1. The van der Waals surface area contributed by atoms with Crippen molar-refractivity contribution in [2.24, 2.45) is 5.73 Å². The monoisotopic (exact) mass is 561 g/mol. The Balaban J connectivity index is 1.51. The lowest BCUT2D eigenvalue weighted by molar-refractivity contribution is 0.241. The first-order valence-corrected chi connectivity index (χ1v) is 14.5. The number of thiazole rings is 1. The first kappa shape index (κ1) is 28.5. The molecule has 0 saturated carbocycles. The van der Waals surface area contributed by atoms with Crippen molar-refractivity contribution < 1.29 is 9.53 Å². The number of benzene rings is 3. The first-order chi connectivity index (χ1) is 18.9. The Bertz CT molecular complexity index is 1420. The highest BCUT2D eigenvalue weighted by atomic mass is 32.2. The first-order valence-electron chi connectivity index (χ1n) is 12.9. The molecular formula is C30H35N5O2S2. The van der Waals surface area contributed by atoms with Gasteiger partial charge in [0.25, 0.3) is 0 Å². The van der Waals surface area contributed by atoms with Gasteiger partial charge in [-0.25, -0.2) is 14.5 Å². The van der Waals surface area contributed by atoms with Crippen LogP contribution in [0, 0.1) is 0 Å². The van der Waals surface area contributed by atoms with Crippen LogP contribution in [-0.2, 0) is 6.42 Å². The quantitative estimate of drug-likeness (QED) is 0.120. The van der Waals surface area contributed by atoms with Crippen molar-refractivity contribution in [3.63, 3.8) is 0 Å². The summed E-state index contributed by atoms with van der Waals surface area (Å²) in [6, 6.07) is 24.5. The summed E-state index contributed by atoms with van der Waals surface area (Å²) >= 11 is 3.29. The average Bonchev–Trinajstić information content (AvgIpc) is 3.38. The average molecular weight is 562 g/mol. The summed E-state index contributed by atoms with van der Waals surface area (Å²) < 4.78 is 10.7. The topological polar surface area (TPSA) is 101 Å². The number of hydrogen-bond donors (Lipinski definition) is 4. The van der Waals surface area contributed by atoms with Crippen molar-refractivity contribution in [1.29, 1.82) is 0 Å². The SMILES string of the molecule is CNC(=O)NCCCOc1ccc2nc(C(Cc3cccc(C(N)=C(C)C)c3)NSc3ccccc3)sc2c1. The van der Waals surface area contributed by atoms with E-state index in [0.717, 1.165) is 55.5 Å². The molecule has 0 spiro atoms. The number of aromatic nitrogens is 1. The highest BCUT2D eigenvalue weighted by Crippen LogP contribution is 2.33. The van der Waals surface area contributed by atoms with E-state index >= 15 is 0 Å². The number of amides is 2. The van der Waals surface area contributed by atoms with E-state index < -0.39 is 0 Å². The Morgan fingerprint density at radius 3 is 2.67 bits per heavy atom. The van der Waals surface area contributed by atoms with Crippen molar-refractivity contribution >= 4 is 45.2 Å². The van der Waals surface area contributed by atoms with Gasteiger partial charge in [-0.05, 0) is 86.2 Å². The van der Waals surface area contributed by atoms with Crippen molar-refractivity contribution in [2.45, 2.75) is 37.6 Å². The van der Waals surface area contributed by atoms with Crippen LogP contribution in [0.25, 0.3) is 15.9 Å². The number of rotatable bonds is 12. The van der Waals surface area contributed by atoms with E-state index in [1.807, 2.05) is 50.2 Å².